The third-order valence-electron chi connectivity index (χ3n) is 9.22. The Hall–Kier alpha value is -1.22. The summed E-state index contributed by atoms with van der Waals surface area (Å²) in [5.74, 6) is 3.27. The SMILES string of the molecule is CC1(C)/C(=C\C2=[N+](CCCCC3CCCC3)CCS2)N(CCCC2CCCC2)c2ccccc21. The summed E-state index contributed by atoms with van der Waals surface area (Å²) in [7, 11) is 0. The number of fused-ring (bicyclic) bond motifs is 1. The molecule has 186 valence electrons. The summed E-state index contributed by atoms with van der Waals surface area (Å²) in [6.45, 7) is 8.53. The molecule has 0 atom stereocenters. The number of benzene rings is 1. The number of para-hydroxylation sites is 1. The summed E-state index contributed by atoms with van der Waals surface area (Å²) in [6.07, 6.45) is 21.4. The highest BCUT2D eigenvalue weighted by Crippen LogP contribution is 2.48. The van der Waals surface area contributed by atoms with Crippen LogP contribution in [0.1, 0.15) is 103 Å². The van der Waals surface area contributed by atoms with Gasteiger partial charge < -0.3 is 4.90 Å². The zero-order chi connectivity index (χ0) is 23.4. The molecule has 5 rings (SSSR count). The van der Waals surface area contributed by atoms with Crippen molar-refractivity contribution in [1.82, 2.24) is 0 Å². The van der Waals surface area contributed by atoms with Crippen LogP contribution in [0.25, 0.3) is 0 Å². The van der Waals surface area contributed by atoms with E-state index in [1.807, 2.05) is 0 Å². The second-order valence-electron chi connectivity index (χ2n) is 11.9. The maximum Gasteiger partial charge on any atom is 0.236 e. The summed E-state index contributed by atoms with van der Waals surface area (Å²) < 4.78 is 2.70. The summed E-state index contributed by atoms with van der Waals surface area (Å²) in [5.41, 5.74) is 4.57. The average Bonchev–Trinajstić information content (AvgIpc) is 3.64. The van der Waals surface area contributed by atoms with Gasteiger partial charge in [-0.15, -0.1) is 0 Å². The Morgan fingerprint density at radius 1 is 0.941 bits per heavy atom. The van der Waals surface area contributed by atoms with Gasteiger partial charge in [-0.25, -0.2) is 4.58 Å². The summed E-state index contributed by atoms with van der Waals surface area (Å²) in [4.78, 5) is 2.69. The predicted molar refractivity (Wildman–Crippen MR) is 149 cm³/mol. The molecule has 1 aromatic carbocycles. The first-order chi connectivity index (χ1) is 16.6. The number of anilines is 1. The van der Waals surface area contributed by atoms with Crippen molar-refractivity contribution in [3.63, 3.8) is 0 Å². The van der Waals surface area contributed by atoms with Crippen LogP contribution in [0, 0.1) is 11.8 Å². The molecule has 0 saturated heterocycles. The minimum atomic E-state index is 0.0776. The molecule has 0 radical (unpaired) electrons. The molecule has 0 spiro atoms. The van der Waals surface area contributed by atoms with Crippen molar-refractivity contribution >= 4 is 22.5 Å². The molecule has 2 aliphatic heterocycles. The Morgan fingerprint density at radius 3 is 2.35 bits per heavy atom. The zero-order valence-electron chi connectivity index (χ0n) is 21.9. The van der Waals surface area contributed by atoms with Crippen molar-refractivity contribution in [3.8, 4) is 0 Å². The van der Waals surface area contributed by atoms with Gasteiger partial charge in [-0.2, -0.15) is 0 Å². The molecule has 3 heteroatoms. The molecule has 2 nitrogen and oxygen atoms in total. The number of allylic oxidation sites excluding steroid dienone is 1. The van der Waals surface area contributed by atoms with Gasteiger partial charge in [0.2, 0.25) is 5.04 Å². The topological polar surface area (TPSA) is 6.25 Å². The Morgan fingerprint density at radius 2 is 1.62 bits per heavy atom. The Balaban J connectivity index is 1.29. The zero-order valence-corrected chi connectivity index (χ0v) is 22.7. The van der Waals surface area contributed by atoms with Crippen LogP contribution in [-0.4, -0.2) is 35.0 Å². The van der Waals surface area contributed by atoms with E-state index in [1.165, 1.54) is 131 Å². The number of rotatable bonds is 10. The van der Waals surface area contributed by atoms with E-state index < -0.39 is 0 Å². The highest BCUT2D eigenvalue weighted by atomic mass is 32.2. The minimum Gasteiger partial charge on any atom is -0.344 e. The van der Waals surface area contributed by atoms with E-state index >= 15 is 0 Å². The van der Waals surface area contributed by atoms with Crippen molar-refractivity contribution in [3.05, 3.63) is 41.6 Å². The van der Waals surface area contributed by atoms with Gasteiger partial charge in [0.05, 0.1) is 5.75 Å². The fourth-order valence-electron chi connectivity index (χ4n) is 7.15. The fraction of sp³-hybridized carbons (Fsp3) is 0.710. The predicted octanol–water partition coefficient (Wildman–Crippen LogP) is 8.16. The largest absolute Gasteiger partial charge is 0.344 e. The maximum absolute atomic E-state index is 2.70. The normalized spacial score (nSPS) is 24.2. The molecule has 4 aliphatic rings. The van der Waals surface area contributed by atoms with E-state index in [0.717, 1.165) is 11.8 Å². The van der Waals surface area contributed by atoms with E-state index in [1.54, 1.807) is 0 Å². The average molecular weight is 480 g/mol. The Kier molecular flexibility index (Phi) is 8.08. The molecule has 2 heterocycles. The van der Waals surface area contributed by atoms with Crippen LogP contribution in [0.3, 0.4) is 0 Å². The van der Waals surface area contributed by atoms with Gasteiger partial charge in [-0.1, -0.05) is 102 Å². The van der Waals surface area contributed by atoms with Gasteiger partial charge in [-0.05, 0) is 42.7 Å². The highest BCUT2D eigenvalue weighted by Gasteiger charge is 2.41. The van der Waals surface area contributed by atoms with Gasteiger partial charge in [-0.3, -0.25) is 0 Å². The molecule has 2 saturated carbocycles. The summed E-state index contributed by atoms with van der Waals surface area (Å²) >= 11 is 2.09. The molecule has 2 aliphatic carbocycles. The van der Waals surface area contributed by atoms with E-state index in [2.05, 4.69) is 65.4 Å². The molecule has 0 aromatic heterocycles. The van der Waals surface area contributed by atoms with Crippen molar-refractivity contribution < 1.29 is 4.58 Å². The third kappa shape index (κ3) is 5.45. The lowest BCUT2D eigenvalue weighted by atomic mass is 9.84. The van der Waals surface area contributed by atoms with Crippen molar-refractivity contribution in [2.75, 3.05) is 30.3 Å². The second-order valence-corrected chi connectivity index (χ2v) is 13.1. The first kappa shape index (κ1) is 24.5. The van der Waals surface area contributed by atoms with Gasteiger partial charge in [0.15, 0.2) is 6.54 Å². The van der Waals surface area contributed by atoms with Gasteiger partial charge in [0, 0.05) is 35.8 Å². The van der Waals surface area contributed by atoms with Gasteiger partial charge in [0.1, 0.15) is 6.54 Å². The van der Waals surface area contributed by atoms with Crippen molar-refractivity contribution in [2.45, 2.75) is 103 Å². The first-order valence-corrected chi connectivity index (χ1v) is 15.5. The number of nitrogens with zero attached hydrogens (tertiary/aromatic N) is 2. The van der Waals surface area contributed by atoms with Crippen LogP contribution < -0.4 is 4.90 Å². The first-order valence-electron chi connectivity index (χ1n) is 14.5. The smallest absolute Gasteiger partial charge is 0.236 e. The van der Waals surface area contributed by atoms with E-state index in [9.17, 15) is 0 Å². The molecular formula is C31H47N2S+. The van der Waals surface area contributed by atoms with Crippen LogP contribution in [-0.2, 0) is 5.41 Å². The van der Waals surface area contributed by atoms with E-state index in [-0.39, 0.29) is 5.41 Å². The van der Waals surface area contributed by atoms with E-state index in [0.29, 0.717) is 0 Å². The molecule has 0 amide bonds. The molecule has 2 fully saturated rings. The lowest BCUT2D eigenvalue weighted by Crippen LogP contribution is -2.28. The van der Waals surface area contributed by atoms with Crippen LogP contribution in [0.2, 0.25) is 0 Å². The Labute approximate surface area is 213 Å². The summed E-state index contributed by atoms with van der Waals surface area (Å²) in [5, 5.41) is 1.53. The molecule has 0 N–H and O–H groups in total. The maximum atomic E-state index is 2.70. The highest BCUT2D eigenvalue weighted by molar-refractivity contribution is 8.14. The third-order valence-corrected chi connectivity index (χ3v) is 10.3. The molecule has 1 aromatic rings. The number of thioether (sulfide) groups is 1. The van der Waals surface area contributed by atoms with Crippen molar-refractivity contribution in [1.29, 1.82) is 0 Å². The lowest BCUT2D eigenvalue weighted by Gasteiger charge is -2.27. The quantitative estimate of drug-likeness (QED) is 0.247. The molecule has 0 unspecified atom stereocenters. The Bertz CT molecular complexity index is 886. The monoisotopic (exact) mass is 479 g/mol. The van der Waals surface area contributed by atoms with E-state index in [4.69, 9.17) is 0 Å². The summed E-state index contributed by atoms with van der Waals surface area (Å²) in [6, 6.07) is 9.19. The lowest BCUT2D eigenvalue weighted by molar-refractivity contribution is -0.517. The standard InChI is InChI=1S/C31H47N2S/c1-31(2)27-18-7-8-19-28(27)33(21-11-17-26-14-5-6-15-26)29(31)24-30-32(22-23-34-30)20-10-9-16-25-12-3-4-13-25/h7-8,18-19,24-26H,3-6,9-17,20-23H2,1-2H3/q+1. The van der Waals surface area contributed by atoms with Gasteiger partial charge >= 0.3 is 0 Å². The van der Waals surface area contributed by atoms with Gasteiger partial charge in [0.25, 0.3) is 0 Å². The molecular weight excluding hydrogens is 432 g/mol. The second kappa shape index (κ2) is 11.2. The fourth-order valence-corrected chi connectivity index (χ4v) is 8.23. The van der Waals surface area contributed by atoms with Crippen LogP contribution in [0.4, 0.5) is 5.69 Å². The van der Waals surface area contributed by atoms with Crippen LogP contribution in [0.15, 0.2) is 36.0 Å². The number of unbranched alkanes of at least 4 members (excludes halogenated alkanes) is 1. The van der Waals surface area contributed by atoms with Crippen LogP contribution >= 0.6 is 11.8 Å². The minimum absolute atomic E-state index is 0.0776. The molecule has 34 heavy (non-hydrogen) atoms. The number of hydrogen-bond donors (Lipinski definition) is 0. The van der Waals surface area contributed by atoms with Crippen molar-refractivity contribution in [2.24, 2.45) is 11.8 Å². The van der Waals surface area contributed by atoms with Crippen LogP contribution in [0.5, 0.6) is 0 Å². The number of hydrogen-bond acceptors (Lipinski definition) is 2. The molecule has 0 bridgehead atoms.